The van der Waals surface area contributed by atoms with Crippen LogP contribution in [0.4, 0.5) is 26.2 Å². The largest absolute Gasteiger partial charge is 0.478 e. The van der Waals surface area contributed by atoms with Gasteiger partial charge in [0.05, 0.1) is 22.6 Å². The van der Waals surface area contributed by atoms with Crippen molar-refractivity contribution >= 4 is 29.1 Å². The van der Waals surface area contributed by atoms with Gasteiger partial charge < -0.3 is 20.6 Å². The molecule has 7 heteroatoms. The highest BCUT2D eigenvalue weighted by Gasteiger charge is 2.25. The molecule has 0 unspecified atom stereocenters. The molecule has 0 aliphatic heterocycles. The number of carboxylic acid groups (broad SMARTS) is 1. The lowest BCUT2D eigenvalue weighted by Gasteiger charge is -2.38. The SMILES string of the molecule is [2H]C([2H])(C(C)C)N(c1ccc(-c2ccccc2C(=O)O)cc1NC(=O)Nc1ccccc1F)C1CCCCC1. The smallest absolute Gasteiger partial charge is 0.336 e. The number of hydrogen-bond donors (Lipinski definition) is 3. The fraction of sp³-hybridized carbons (Fsp3) is 0.333. The summed E-state index contributed by atoms with van der Waals surface area (Å²) in [7, 11) is 0. The molecule has 1 aliphatic carbocycles. The average molecular weight is 506 g/mol. The zero-order chi connectivity index (χ0) is 28.2. The van der Waals surface area contributed by atoms with Gasteiger partial charge in [-0.15, -0.1) is 0 Å². The van der Waals surface area contributed by atoms with Crippen molar-refractivity contribution in [2.45, 2.75) is 52.0 Å². The van der Waals surface area contributed by atoms with E-state index in [1.54, 1.807) is 47.4 Å². The normalized spacial score (nSPS) is 15.0. The molecule has 3 aromatic rings. The summed E-state index contributed by atoms with van der Waals surface area (Å²) in [5.74, 6) is -2.02. The number of benzene rings is 3. The first-order chi connectivity index (χ1) is 18.6. The summed E-state index contributed by atoms with van der Waals surface area (Å²) in [6.07, 6.45) is 4.69. The van der Waals surface area contributed by atoms with Crippen LogP contribution in [0.3, 0.4) is 0 Å². The summed E-state index contributed by atoms with van der Waals surface area (Å²) < 4.78 is 32.3. The molecule has 0 spiro atoms. The Hall–Kier alpha value is -3.87. The van der Waals surface area contributed by atoms with Gasteiger partial charge in [0.2, 0.25) is 0 Å². The molecule has 3 aromatic carbocycles. The Bertz CT molecular complexity index is 1340. The number of urea groups is 1. The zero-order valence-electron chi connectivity index (χ0n) is 23.1. The van der Waals surface area contributed by atoms with Crippen LogP contribution in [-0.4, -0.2) is 29.6 Å². The first-order valence-electron chi connectivity index (χ1n) is 13.7. The molecular weight excluding hydrogens is 469 g/mol. The Labute approximate surface area is 220 Å². The van der Waals surface area contributed by atoms with Gasteiger partial charge in [0.1, 0.15) is 5.82 Å². The summed E-state index contributed by atoms with van der Waals surface area (Å²) in [5, 5.41) is 15.1. The van der Waals surface area contributed by atoms with E-state index in [0.29, 0.717) is 22.5 Å². The van der Waals surface area contributed by atoms with Gasteiger partial charge in [0.25, 0.3) is 0 Å². The number of carbonyl (C=O) groups excluding carboxylic acids is 1. The lowest BCUT2D eigenvalue weighted by atomic mass is 9.92. The van der Waals surface area contributed by atoms with Crippen molar-refractivity contribution in [2.24, 2.45) is 5.92 Å². The molecule has 1 fully saturated rings. The topological polar surface area (TPSA) is 81.7 Å². The van der Waals surface area contributed by atoms with Crippen molar-refractivity contribution in [3.63, 3.8) is 0 Å². The molecule has 0 radical (unpaired) electrons. The fourth-order valence-corrected chi connectivity index (χ4v) is 4.76. The van der Waals surface area contributed by atoms with E-state index in [1.807, 2.05) is 13.8 Å². The van der Waals surface area contributed by atoms with E-state index in [9.17, 15) is 19.1 Å². The number of aromatic carboxylic acids is 1. The summed E-state index contributed by atoms with van der Waals surface area (Å²) in [6.45, 7) is 1.91. The molecule has 0 heterocycles. The minimum Gasteiger partial charge on any atom is -0.478 e. The molecule has 1 aliphatic rings. The van der Waals surface area contributed by atoms with Crippen molar-refractivity contribution in [1.29, 1.82) is 0 Å². The lowest BCUT2D eigenvalue weighted by Crippen LogP contribution is -2.40. The first-order valence-corrected chi connectivity index (χ1v) is 12.7. The molecule has 37 heavy (non-hydrogen) atoms. The van der Waals surface area contributed by atoms with Gasteiger partial charge in [-0.1, -0.05) is 69.5 Å². The lowest BCUT2D eigenvalue weighted by molar-refractivity contribution is 0.0697. The van der Waals surface area contributed by atoms with Crippen molar-refractivity contribution < 1.29 is 21.8 Å². The Kier molecular flexibility index (Phi) is 7.57. The van der Waals surface area contributed by atoms with Crippen LogP contribution >= 0.6 is 0 Å². The maximum atomic E-state index is 14.2. The number of nitrogens with zero attached hydrogens (tertiary/aromatic N) is 1. The monoisotopic (exact) mass is 505 g/mol. The Morgan fingerprint density at radius 3 is 2.38 bits per heavy atom. The number of anilines is 3. The third-order valence-corrected chi connectivity index (χ3v) is 6.43. The van der Waals surface area contributed by atoms with Gasteiger partial charge in [-0.05, 0) is 60.2 Å². The quantitative estimate of drug-likeness (QED) is 0.294. The average Bonchev–Trinajstić information content (AvgIpc) is 2.91. The Morgan fingerprint density at radius 1 is 1.00 bits per heavy atom. The van der Waals surface area contributed by atoms with Gasteiger partial charge in [-0.25, -0.2) is 14.0 Å². The van der Waals surface area contributed by atoms with Crippen molar-refractivity contribution in [2.75, 3.05) is 22.0 Å². The highest BCUT2D eigenvalue weighted by molar-refractivity contribution is 6.03. The summed E-state index contributed by atoms with van der Waals surface area (Å²) >= 11 is 0. The molecule has 0 aromatic heterocycles. The number of carbonyl (C=O) groups is 2. The van der Waals surface area contributed by atoms with Crippen LogP contribution in [0.5, 0.6) is 0 Å². The second-order valence-electron chi connectivity index (χ2n) is 9.59. The molecule has 0 atom stereocenters. The van der Waals surface area contributed by atoms with E-state index in [-0.39, 0.29) is 23.2 Å². The minimum atomic E-state index is -1.74. The van der Waals surface area contributed by atoms with Crippen LogP contribution in [0, 0.1) is 11.7 Å². The van der Waals surface area contributed by atoms with Crippen LogP contribution in [-0.2, 0) is 0 Å². The Balaban J connectivity index is 1.83. The van der Waals surface area contributed by atoms with E-state index in [4.69, 9.17) is 2.74 Å². The van der Waals surface area contributed by atoms with Gasteiger partial charge >= 0.3 is 12.0 Å². The fourth-order valence-electron chi connectivity index (χ4n) is 4.76. The van der Waals surface area contributed by atoms with Gasteiger partial charge in [-0.3, -0.25) is 0 Å². The highest BCUT2D eigenvalue weighted by Crippen LogP contribution is 2.37. The molecule has 194 valence electrons. The number of halogens is 1. The van der Waals surface area contributed by atoms with Crippen LogP contribution in [0.1, 0.15) is 59.1 Å². The Morgan fingerprint density at radius 2 is 1.68 bits per heavy atom. The van der Waals surface area contributed by atoms with E-state index in [2.05, 4.69) is 10.6 Å². The standard InChI is InChI=1S/C30H34FN3O3/c1-20(2)19-34(22-10-4-3-5-11-22)28-17-16-21(23-12-6-7-13-24(23)29(35)36)18-27(28)33-30(37)32-26-15-9-8-14-25(26)31/h6-9,12-18,20,22H,3-5,10-11,19H2,1-2H3,(H,35,36)(H2,32,33,37)/i19D2. The van der Waals surface area contributed by atoms with Gasteiger partial charge in [-0.2, -0.15) is 0 Å². The molecule has 2 amide bonds. The van der Waals surface area contributed by atoms with Crippen LogP contribution < -0.4 is 15.5 Å². The first kappa shape index (κ1) is 23.5. The zero-order valence-corrected chi connectivity index (χ0v) is 21.1. The maximum absolute atomic E-state index is 14.2. The number of rotatable bonds is 8. The molecule has 0 bridgehead atoms. The number of carboxylic acids is 1. The van der Waals surface area contributed by atoms with E-state index < -0.39 is 24.3 Å². The second-order valence-corrected chi connectivity index (χ2v) is 9.59. The summed E-state index contributed by atoms with van der Waals surface area (Å²) in [4.78, 5) is 26.8. The van der Waals surface area contributed by atoms with Crippen molar-refractivity contribution in [3.05, 3.63) is 78.1 Å². The van der Waals surface area contributed by atoms with Crippen molar-refractivity contribution in [1.82, 2.24) is 0 Å². The highest BCUT2D eigenvalue weighted by atomic mass is 19.1. The molecule has 3 N–H and O–H groups in total. The predicted octanol–water partition coefficient (Wildman–Crippen LogP) is 7.63. The van der Waals surface area contributed by atoms with Crippen LogP contribution in [0.2, 0.25) is 0 Å². The van der Waals surface area contributed by atoms with E-state index in [0.717, 1.165) is 32.1 Å². The molecule has 0 saturated heterocycles. The van der Waals surface area contributed by atoms with Crippen molar-refractivity contribution in [3.8, 4) is 11.1 Å². The third-order valence-electron chi connectivity index (χ3n) is 6.43. The third kappa shape index (κ3) is 6.47. The summed E-state index contributed by atoms with van der Waals surface area (Å²) in [6, 6.07) is 16.8. The number of para-hydroxylation sites is 1. The van der Waals surface area contributed by atoms with Gasteiger partial charge in [0, 0.05) is 15.3 Å². The minimum absolute atomic E-state index is 0.00516. The second kappa shape index (κ2) is 11.9. The predicted molar refractivity (Wildman–Crippen MR) is 147 cm³/mol. The number of hydrogen-bond acceptors (Lipinski definition) is 3. The van der Waals surface area contributed by atoms with E-state index >= 15 is 0 Å². The summed E-state index contributed by atoms with van der Waals surface area (Å²) in [5.41, 5.74) is 1.91. The van der Waals surface area contributed by atoms with Crippen LogP contribution in [0.15, 0.2) is 66.7 Å². The van der Waals surface area contributed by atoms with E-state index in [1.165, 1.54) is 24.3 Å². The molecular formula is C30H34FN3O3. The van der Waals surface area contributed by atoms with Crippen LogP contribution in [0.25, 0.3) is 11.1 Å². The maximum Gasteiger partial charge on any atom is 0.336 e. The molecule has 1 saturated carbocycles. The molecule has 6 nitrogen and oxygen atoms in total. The number of nitrogens with one attached hydrogen (secondary N) is 2. The molecule has 4 rings (SSSR count). The van der Waals surface area contributed by atoms with Gasteiger partial charge in [0.15, 0.2) is 0 Å². The number of amides is 2.